The van der Waals surface area contributed by atoms with Crippen molar-refractivity contribution in [1.82, 2.24) is 4.98 Å². The summed E-state index contributed by atoms with van der Waals surface area (Å²) in [6.07, 6.45) is 0.112. The highest BCUT2D eigenvalue weighted by molar-refractivity contribution is 7.13. The van der Waals surface area contributed by atoms with Crippen LogP contribution in [0.2, 0.25) is 0 Å². The second kappa shape index (κ2) is 5.99. The molecule has 1 aromatic heterocycles. The summed E-state index contributed by atoms with van der Waals surface area (Å²) in [5, 5.41) is 12.8. The molecule has 1 aromatic carbocycles. The number of aromatic nitrogens is 1. The Morgan fingerprint density at radius 3 is 2.70 bits per heavy atom. The van der Waals surface area contributed by atoms with Crippen molar-refractivity contribution >= 4 is 33.9 Å². The van der Waals surface area contributed by atoms with Gasteiger partial charge in [0.2, 0.25) is 0 Å². The number of amides is 1. The highest BCUT2D eigenvalue weighted by Gasteiger charge is 2.32. The Hall–Kier alpha value is -2.42. The fourth-order valence-electron chi connectivity index (χ4n) is 2.83. The topological polar surface area (TPSA) is 91.5 Å². The molecular weight excluding hydrogens is 326 g/mol. The molecule has 23 heavy (non-hydrogen) atoms. The Morgan fingerprint density at radius 2 is 2.13 bits per heavy atom. The Labute approximate surface area is 134 Å². The number of nitrogens with two attached hydrogens (primary N) is 1. The number of hydrogen-bond donors (Lipinski definition) is 3. The molecule has 1 aliphatic rings. The largest absolute Gasteiger partial charge is 0.465 e. The van der Waals surface area contributed by atoms with Gasteiger partial charge in [0.1, 0.15) is 5.69 Å². The second-order valence-electron chi connectivity index (χ2n) is 5.18. The van der Waals surface area contributed by atoms with Gasteiger partial charge in [0.15, 0.2) is 16.8 Å². The second-order valence-corrected chi connectivity index (χ2v) is 6.07. The Bertz CT molecular complexity index is 729. The summed E-state index contributed by atoms with van der Waals surface area (Å²) in [6, 6.07) is 1.69. The van der Waals surface area contributed by atoms with Crippen molar-refractivity contribution in [3.05, 3.63) is 34.8 Å². The molecule has 122 valence electrons. The van der Waals surface area contributed by atoms with Crippen LogP contribution in [0, 0.1) is 11.6 Å². The van der Waals surface area contributed by atoms with E-state index in [0.717, 1.165) is 25.0 Å². The normalized spacial score (nSPS) is 17.5. The zero-order valence-electron chi connectivity index (χ0n) is 11.9. The first-order valence-electron chi connectivity index (χ1n) is 6.92. The van der Waals surface area contributed by atoms with Gasteiger partial charge in [-0.1, -0.05) is 0 Å². The van der Waals surface area contributed by atoms with E-state index in [0.29, 0.717) is 17.4 Å². The van der Waals surface area contributed by atoms with Gasteiger partial charge in [-0.25, -0.2) is 18.6 Å². The third-order valence-electron chi connectivity index (χ3n) is 3.69. The molecule has 1 saturated heterocycles. The Morgan fingerprint density at radius 1 is 1.43 bits per heavy atom. The third kappa shape index (κ3) is 3.04. The Kier molecular flexibility index (Phi) is 4.03. The SMILES string of the molecule is Nc1nc([C@H]2CCCN2c2c(F)cc(NC(=O)O)cc2F)cs1. The van der Waals surface area contributed by atoms with Crippen LogP contribution in [-0.4, -0.2) is 22.7 Å². The lowest BCUT2D eigenvalue weighted by Crippen LogP contribution is -2.25. The average molecular weight is 340 g/mol. The molecule has 0 saturated carbocycles. The molecule has 3 rings (SSSR count). The maximum atomic E-state index is 14.4. The summed E-state index contributed by atoms with van der Waals surface area (Å²) in [5.74, 6) is -1.63. The molecule has 9 heteroatoms. The van der Waals surface area contributed by atoms with Crippen LogP contribution in [0.25, 0.3) is 0 Å². The van der Waals surface area contributed by atoms with Crippen LogP contribution in [0.5, 0.6) is 0 Å². The minimum atomic E-state index is -1.38. The van der Waals surface area contributed by atoms with Gasteiger partial charge in [0.25, 0.3) is 0 Å². The molecule has 2 aromatic rings. The quantitative estimate of drug-likeness (QED) is 0.796. The maximum absolute atomic E-state index is 14.4. The van der Waals surface area contributed by atoms with Crippen LogP contribution in [0.3, 0.4) is 0 Å². The van der Waals surface area contributed by atoms with Gasteiger partial charge < -0.3 is 15.7 Å². The van der Waals surface area contributed by atoms with Crippen LogP contribution < -0.4 is 16.0 Å². The number of carboxylic acid groups (broad SMARTS) is 1. The number of rotatable bonds is 3. The lowest BCUT2D eigenvalue weighted by atomic mass is 10.1. The molecule has 1 atom stereocenters. The number of carbonyl (C=O) groups is 1. The molecule has 1 amide bonds. The Balaban J connectivity index is 1.95. The van der Waals surface area contributed by atoms with Gasteiger partial charge in [0, 0.05) is 17.6 Å². The minimum absolute atomic E-state index is 0.148. The molecule has 4 N–H and O–H groups in total. The first kappa shape index (κ1) is 15.5. The smallest absolute Gasteiger partial charge is 0.409 e. The van der Waals surface area contributed by atoms with E-state index in [1.165, 1.54) is 11.3 Å². The van der Waals surface area contributed by atoms with Crippen molar-refractivity contribution in [3.8, 4) is 0 Å². The summed E-state index contributed by atoms with van der Waals surface area (Å²) < 4.78 is 28.7. The van der Waals surface area contributed by atoms with E-state index in [4.69, 9.17) is 10.8 Å². The number of thiazole rings is 1. The summed E-state index contributed by atoms with van der Waals surface area (Å²) in [7, 11) is 0. The van der Waals surface area contributed by atoms with Crippen LogP contribution in [0.4, 0.5) is 30.1 Å². The third-order valence-corrected chi connectivity index (χ3v) is 4.38. The van der Waals surface area contributed by atoms with Crippen LogP contribution in [0.15, 0.2) is 17.5 Å². The summed E-state index contributed by atoms with van der Waals surface area (Å²) >= 11 is 1.28. The number of nitrogens with one attached hydrogen (secondary N) is 1. The first-order chi connectivity index (χ1) is 11.0. The highest BCUT2D eigenvalue weighted by atomic mass is 32.1. The molecule has 0 aliphatic carbocycles. The van der Waals surface area contributed by atoms with Crippen molar-refractivity contribution in [2.24, 2.45) is 0 Å². The summed E-state index contributed by atoms with van der Waals surface area (Å²) in [5.41, 5.74) is 6.00. The van der Waals surface area contributed by atoms with Crippen LogP contribution in [0.1, 0.15) is 24.6 Å². The lowest BCUT2D eigenvalue weighted by molar-refractivity contribution is 0.209. The fourth-order valence-corrected chi connectivity index (χ4v) is 3.44. The number of benzene rings is 1. The molecule has 1 aliphatic heterocycles. The number of nitrogen functional groups attached to an aromatic ring is 1. The van der Waals surface area contributed by atoms with Gasteiger partial charge in [-0.15, -0.1) is 11.3 Å². The average Bonchev–Trinajstić information content (AvgIpc) is 3.06. The molecule has 0 spiro atoms. The standard InChI is InChI=1S/C14H14F2N4O2S/c15-8-4-7(18-14(21)22)5-9(16)12(8)20-3-1-2-11(20)10-6-23-13(17)19-10/h4-6,11,18H,1-3H2,(H2,17,19)(H,21,22)/t11-/m1/s1. The van der Waals surface area contributed by atoms with Gasteiger partial charge in [-0.2, -0.15) is 0 Å². The summed E-state index contributed by atoms with van der Waals surface area (Å²) in [4.78, 5) is 16.4. The first-order valence-corrected chi connectivity index (χ1v) is 7.80. The molecule has 1 fully saturated rings. The van der Waals surface area contributed by atoms with E-state index in [9.17, 15) is 13.6 Å². The van der Waals surface area contributed by atoms with Gasteiger partial charge in [0.05, 0.1) is 11.7 Å². The number of anilines is 3. The van der Waals surface area contributed by atoms with Crippen molar-refractivity contribution in [1.29, 1.82) is 0 Å². The predicted molar refractivity (Wildman–Crippen MR) is 83.9 cm³/mol. The molecular formula is C14H14F2N4O2S. The van der Waals surface area contributed by atoms with Crippen molar-refractivity contribution < 1.29 is 18.7 Å². The molecule has 6 nitrogen and oxygen atoms in total. The van der Waals surface area contributed by atoms with E-state index in [1.54, 1.807) is 10.3 Å². The van der Waals surface area contributed by atoms with E-state index >= 15 is 0 Å². The van der Waals surface area contributed by atoms with E-state index in [-0.39, 0.29) is 17.4 Å². The van der Waals surface area contributed by atoms with Crippen molar-refractivity contribution in [2.45, 2.75) is 18.9 Å². The maximum Gasteiger partial charge on any atom is 0.409 e. The summed E-state index contributed by atoms with van der Waals surface area (Å²) in [6.45, 7) is 0.488. The minimum Gasteiger partial charge on any atom is -0.465 e. The predicted octanol–water partition coefficient (Wildman–Crippen LogP) is 3.43. The zero-order valence-corrected chi connectivity index (χ0v) is 12.7. The van der Waals surface area contributed by atoms with E-state index in [2.05, 4.69) is 4.98 Å². The molecule has 0 bridgehead atoms. The number of halogens is 2. The zero-order chi connectivity index (χ0) is 16.6. The molecule has 2 heterocycles. The lowest BCUT2D eigenvalue weighted by Gasteiger charge is -2.26. The van der Waals surface area contributed by atoms with Gasteiger partial charge in [-0.3, -0.25) is 5.32 Å². The van der Waals surface area contributed by atoms with Crippen LogP contribution in [-0.2, 0) is 0 Å². The van der Waals surface area contributed by atoms with Crippen molar-refractivity contribution in [3.63, 3.8) is 0 Å². The highest BCUT2D eigenvalue weighted by Crippen LogP contribution is 2.39. The monoisotopic (exact) mass is 340 g/mol. The number of nitrogens with zero attached hydrogens (tertiary/aromatic N) is 2. The van der Waals surface area contributed by atoms with Crippen molar-refractivity contribution in [2.75, 3.05) is 22.5 Å². The van der Waals surface area contributed by atoms with Gasteiger partial charge in [-0.05, 0) is 25.0 Å². The van der Waals surface area contributed by atoms with E-state index < -0.39 is 17.7 Å². The van der Waals surface area contributed by atoms with E-state index in [1.807, 2.05) is 5.32 Å². The molecule has 0 unspecified atom stereocenters. The number of hydrogen-bond acceptors (Lipinski definition) is 5. The fraction of sp³-hybridized carbons (Fsp3) is 0.286. The molecule has 0 radical (unpaired) electrons. The van der Waals surface area contributed by atoms with Gasteiger partial charge >= 0.3 is 6.09 Å². The van der Waals surface area contributed by atoms with Crippen LogP contribution >= 0.6 is 11.3 Å².